The van der Waals surface area contributed by atoms with Gasteiger partial charge in [-0.2, -0.15) is 0 Å². The van der Waals surface area contributed by atoms with Crippen LogP contribution in [0.4, 0.5) is 0 Å². The molecule has 0 aliphatic heterocycles. The predicted octanol–water partition coefficient (Wildman–Crippen LogP) is 2.52. The van der Waals surface area contributed by atoms with E-state index in [9.17, 15) is 0 Å². The molecule has 0 aliphatic carbocycles. The van der Waals surface area contributed by atoms with Crippen LogP contribution in [-0.4, -0.2) is 27.4 Å². The minimum absolute atomic E-state index is 0.105. The van der Waals surface area contributed by atoms with Crippen molar-refractivity contribution < 1.29 is 14.2 Å². The summed E-state index contributed by atoms with van der Waals surface area (Å²) in [6.45, 7) is 3.53. The topological polar surface area (TPSA) is 53.7 Å². The molecule has 4 heteroatoms. The summed E-state index contributed by atoms with van der Waals surface area (Å²) in [7, 11) is 3.28. The van der Waals surface area contributed by atoms with Crippen molar-refractivity contribution in [3.05, 3.63) is 23.8 Å². The molecule has 102 valence electrons. The first-order valence-electron chi connectivity index (χ1n) is 6.28. The van der Waals surface area contributed by atoms with Crippen LogP contribution in [0, 0.1) is 0 Å². The third kappa shape index (κ3) is 4.20. The van der Waals surface area contributed by atoms with E-state index in [1.165, 1.54) is 0 Å². The molecule has 4 nitrogen and oxygen atoms in total. The molecule has 0 bridgehead atoms. The van der Waals surface area contributed by atoms with E-state index in [1.54, 1.807) is 14.2 Å². The van der Waals surface area contributed by atoms with Gasteiger partial charge < -0.3 is 19.9 Å². The highest BCUT2D eigenvalue weighted by atomic mass is 16.5. The fraction of sp³-hybridized carbons (Fsp3) is 0.571. The zero-order chi connectivity index (χ0) is 13.4. The molecule has 0 amide bonds. The Labute approximate surface area is 109 Å². The Balaban J connectivity index is 2.66. The molecule has 0 saturated heterocycles. The third-order valence-electron chi connectivity index (χ3n) is 2.76. The van der Waals surface area contributed by atoms with Gasteiger partial charge in [-0.05, 0) is 31.0 Å². The average Bonchev–Trinajstić information content (AvgIpc) is 2.42. The second-order valence-electron chi connectivity index (χ2n) is 4.12. The number of hydrogen-bond acceptors (Lipinski definition) is 4. The van der Waals surface area contributed by atoms with Crippen LogP contribution in [-0.2, 0) is 4.74 Å². The van der Waals surface area contributed by atoms with Crippen molar-refractivity contribution in [3.63, 3.8) is 0 Å². The van der Waals surface area contributed by atoms with Crippen molar-refractivity contribution in [2.45, 2.75) is 25.8 Å². The van der Waals surface area contributed by atoms with E-state index in [-0.39, 0.29) is 6.04 Å². The van der Waals surface area contributed by atoms with Crippen LogP contribution in [0.5, 0.6) is 11.5 Å². The molecule has 1 unspecified atom stereocenters. The minimum atomic E-state index is -0.105. The van der Waals surface area contributed by atoms with Crippen LogP contribution < -0.4 is 15.2 Å². The maximum absolute atomic E-state index is 6.16. The van der Waals surface area contributed by atoms with Gasteiger partial charge in [-0.15, -0.1) is 0 Å². The monoisotopic (exact) mass is 253 g/mol. The van der Waals surface area contributed by atoms with Crippen LogP contribution in [0.25, 0.3) is 0 Å². The molecular formula is C14H23NO3. The maximum atomic E-state index is 6.16. The number of nitrogens with two attached hydrogens (primary N) is 1. The molecule has 18 heavy (non-hydrogen) atoms. The number of rotatable bonds is 8. The Bertz CT molecular complexity index is 355. The lowest BCUT2D eigenvalue weighted by Gasteiger charge is -2.16. The molecule has 0 fully saturated rings. The zero-order valence-electron chi connectivity index (χ0n) is 11.4. The Kier molecular flexibility index (Phi) is 6.54. The molecule has 2 N–H and O–H groups in total. The van der Waals surface area contributed by atoms with Crippen LogP contribution in [0.15, 0.2) is 18.2 Å². The summed E-state index contributed by atoms with van der Waals surface area (Å²) >= 11 is 0. The molecule has 0 saturated carbocycles. The minimum Gasteiger partial charge on any atom is -0.497 e. The van der Waals surface area contributed by atoms with Gasteiger partial charge in [0.2, 0.25) is 0 Å². The van der Waals surface area contributed by atoms with E-state index < -0.39 is 0 Å². The van der Waals surface area contributed by atoms with Gasteiger partial charge in [0.15, 0.2) is 0 Å². The first-order valence-corrected chi connectivity index (χ1v) is 6.28. The Morgan fingerprint density at radius 3 is 2.56 bits per heavy atom. The highest BCUT2D eigenvalue weighted by Crippen LogP contribution is 2.29. The summed E-state index contributed by atoms with van der Waals surface area (Å²) in [4.78, 5) is 0. The van der Waals surface area contributed by atoms with E-state index >= 15 is 0 Å². The number of benzene rings is 1. The Morgan fingerprint density at radius 2 is 1.94 bits per heavy atom. The zero-order valence-corrected chi connectivity index (χ0v) is 11.4. The summed E-state index contributed by atoms with van der Waals surface area (Å²) in [5.74, 6) is 1.58. The summed E-state index contributed by atoms with van der Waals surface area (Å²) < 4.78 is 16.0. The fourth-order valence-electron chi connectivity index (χ4n) is 1.74. The normalized spacial score (nSPS) is 12.2. The van der Waals surface area contributed by atoms with Crippen LogP contribution in [0.3, 0.4) is 0 Å². The molecule has 1 atom stereocenters. The molecule has 0 spiro atoms. The molecule has 0 radical (unpaired) electrons. The third-order valence-corrected chi connectivity index (χ3v) is 2.76. The van der Waals surface area contributed by atoms with E-state index in [1.807, 2.05) is 18.2 Å². The van der Waals surface area contributed by atoms with Crippen molar-refractivity contribution in [1.29, 1.82) is 0 Å². The average molecular weight is 253 g/mol. The van der Waals surface area contributed by atoms with Gasteiger partial charge in [-0.3, -0.25) is 0 Å². The molecular weight excluding hydrogens is 230 g/mol. The van der Waals surface area contributed by atoms with E-state index in [0.717, 1.165) is 36.5 Å². The standard InChI is InChI=1S/C14H23NO3/c1-4-8-18-9-7-13(15)12-10-11(16-2)5-6-14(12)17-3/h5-6,10,13H,4,7-9,15H2,1-3H3. The quantitative estimate of drug-likeness (QED) is 0.723. The van der Waals surface area contributed by atoms with Crippen molar-refractivity contribution in [2.24, 2.45) is 5.73 Å². The van der Waals surface area contributed by atoms with E-state index in [2.05, 4.69) is 6.92 Å². The molecule has 1 rings (SSSR count). The molecule has 0 heterocycles. The van der Waals surface area contributed by atoms with Crippen molar-refractivity contribution >= 4 is 0 Å². The van der Waals surface area contributed by atoms with E-state index in [4.69, 9.17) is 19.9 Å². The Morgan fingerprint density at radius 1 is 1.17 bits per heavy atom. The second kappa shape index (κ2) is 7.95. The summed E-state index contributed by atoms with van der Waals surface area (Å²) in [5.41, 5.74) is 7.12. The fourth-order valence-corrected chi connectivity index (χ4v) is 1.74. The lowest BCUT2D eigenvalue weighted by Crippen LogP contribution is -2.14. The van der Waals surface area contributed by atoms with Crippen molar-refractivity contribution in [1.82, 2.24) is 0 Å². The first kappa shape index (κ1) is 14.8. The maximum Gasteiger partial charge on any atom is 0.123 e. The second-order valence-corrected chi connectivity index (χ2v) is 4.12. The highest BCUT2D eigenvalue weighted by molar-refractivity contribution is 5.42. The van der Waals surface area contributed by atoms with Gasteiger partial charge in [-0.1, -0.05) is 6.92 Å². The molecule has 1 aromatic rings. The number of ether oxygens (including phenoxy) is 3. The summed E-state index contributed by atoms with van der Waals surface area (Å²) in [6, 6.07) is 5.55. The molecule has 1 aromatic carbocycles. The van der Waals surface area contributed by atoms with Crippen LogP contribution in [0.1, 0.15) is 31.4 Å². The smallest absolute Gasteiger partial charge is 0.123 e. The lowest BCUT2D eigenvalue weighted by atomic mass is 10.0. The van der Waals surface area contributed by atoms with Gasteiger partial charge in [0.1, 0.15) is 11.5 Å². The number of hydrogen-bond donors (Lipinski definition) is 1. The van der Waals surface area contributed by atoms with Crippen LogP contribution in [0.2, 0.25) is 0 Å². The van der Waals surface area contributed by atoms with E-state index in [0.29, 0.717) is 6.61 Å². The summed E-state index contributed by atoms with van der Waals surface area (Å²) in [5, 5.41) is 0. The van der Waals surface area contributed by atoms with Gasteiger partial charge in [0.05, 0.1) is 14.2 Å². The van der Waals surface area contributed by atoms with Gasteiger partial charge >= 0.3 is 0 Å². The van der Waals surface area contributed by atoms with Crippen molar-refractivity contribution in [2.75, 3.05) is 27.4 Å². The lowest BCUT2D eigenvalue weighted by molar-refractivity contribution is 0.127. The molecule has 0 aromatic heterocycles. The van der Waals surface area contributed by atoms with Crippen LogP contribution >= 0.6 is 0 Å². The number of methoxy groups -OCH3 is 2. The largest absolute Gasteiger partial charge is 0.497 e. The van der Waals surface area contributed by atoms with Gasteiger partial charge in [0, 0.05) is 24.8 Å². The van der Waals surface area contributed by atoms with Gasteiger partial charge in [0.25, 0.3) is 0 Å². The Hall–Kier alpha value is -1.26. The van der Waals surface area contributed by atoms with Crippen molar-refractivity contribution in [3.8, 4) is 11.5 Å². The predicted molar refractivity (Wildman–Crippen MR) is 72.2 cm³/mol. The van der Waals surface area contributed by atoms with Gasteiger partial charge in [-0.25, -0.2) is 0 Å². The SMILES string of the molecule is CCCOCCC(N)c1cc(OC)ccc1OC. The summed E-state index contributed by atoms with van der Waals surface area (Å²) in [6.07, 6.45) is 1.79. The molecule has 0 aliphatic rings. The first-order chi connectivity index (χ1) is 8.72. The highest BCUT2D eigenvalue weighted by Gasteiger charge is 2.13.